The standard InChI is InChI=1S/C12H17NO2S/c1-8-7-16(14)12-9(11(8)13-2)5-4-6-10(12)15-3/h4-6,8,11,13H,7H2,1-3H3. The largest absolute Gasteiger partial charge is 0.495 e. The summed E-state index contributed by atoms with van der Waals surface area (Å²) in [7, 11) is 2.62. The summed E-state index contributed by atoms with van der Waals surface area (Å²) < 4.78 is 17.4. The summed E-state index contributed by atoms with van der Waals surface area (Å²) in [4.78, 5) is 0.863. The van der Waals surface area contributed by atoms with Gasteiger partial charge < -0.3 is 10.1 Å². The van der Waals surface area contributed by atoms with E-state index < -0.39 is 10.8 Å². The molecular weight excluding hydrogens is 222 g/mol. The van der Waals surface area contributed by atoms with Gasteiger partial charge in [0.15, 0.2) is 0 Å². The smallest absolute Gasteiger partial charge is 0.135 e. The van der Waals surface area contributed by atoms with Crippen LogP contribution < -0.4 is 10.1 Å². The first-order valence-electron chi connectivity index (χ1n) is 5.41. The van der Waals surface area contributed by atoms with E-state index >= 15 is 0 Å². The zero-order chi connectivity index (χ0) is 11.7. The van der Waals surface area contributed by atoms with Crippen LogP contribution in [-0.4, -0.2) is 24.1 Å². The van der Waals surface area contributed by atoms with E-state index in [1.54, 1.807) is 7.11 Å². The average molecular weight is 239 g/mol. The maximum Gasteiger partial charge on any atom is 0.135 e. The highest BCUT2D eigenvalue weighted by Crippen LogP contribution is 2.38. The van der Waals surface area contributed by atoms with Crippen molar-refractivity contribution in [1.29, 1.82) is 0 Å². The van der Waals surface area contributed by atoms with Gasteiger partial charge in [-0.25, -0.2) is 0 Å². The number of rotatable bonds is 2. The molecule has 1 aliphatic rings. The van der Waals surface area contributed by atoms with Crippen LogP contribution in [0.2, 0.25) is 0 Å². The average Bonchev–Trinajstić information content (AvgIpc) is 2.28. The highest BCUT2D eigenvalue weighted by atomic mass is 32.2. The van der Waals surface area contributed by atoms with Gasteiger partial charge >= 0.3 is 0 Å². The first kappa shape index (κ1) is 11.6. The molecule has 1 N–H and O–H groups in total. The van der Waals surface area contributed by atoms with Crippen LogP contribution in [0, 0.1) is 5.92 Å². The SMILES string of the molecule is CNC1c2cccc(OC)c2S(=O)CC1C. The minimum Gasteiger partial charge on any atom is -0.495 e. The number of fused-ring (bicyclic) bond motifs is 1. The molecular formula is C12H17NO2S. The lowest BCUT2D eigenvalue weighted by Crippen LogP contribution is -2.32. The summed E-state index contributed by atoms with van der Waals surface area (Å²) in [5.41, 5.74) is 1.11. The Bertz CT molecular complexity index is 419. The topological polar surface area (TPSA) is 38.3 Å². The molecule has 0 aromatic heterocycles. The summed E-state index contributed by atoms with van der Waals surface area (Å²) in [6.45, 7) is 2.13. The van der Waals surface area contributed by atoms with Crippen molar-refractivity contribution < 1.29 is 8.95 Å². The monoisotopic (exact) mass is 239 g/mol. The molecule has 1 aromatic carbocycles. The molecule has 0 amide bonds. The van der Waals surface area contributed by atoms with E-state index in [0.29, 0.717) is 11.7 Å². The van der Waals surface area contributed by atoms with E-state index in [0.717, 1.165) is 16.2 Å². The molecule has 0 bridgehead atoms. The molecule has 2 rings (SSSR count). The summed E-state index contributed by atoms with van der Waals surface area (Å²) in [6.07, 6.45) is 0. The van der Waals surface area contributed by atoms with Gasteiger partial charge in [-0.15, -0.1) is 0 Å². The van der Waals surface area contributed by atoms with Crippen molar-refractivity contribution in [3.63, 3.8) is 0 Å². The molecule has 16 heavy (non-hydrogen) atoms. The summed E-state index contributed by atoms with van der Waals surface area (Å²) in [6, 6.07) is 6.13. The fourth-order valence-corrected chi connectivity index (χ4v) is 4.02. The molecule has 3 nitrogen and oxygen atoms in total. The van der Waals surface area contributed by atoms with E-state index in [-0.39, 0.29) is 6.04 Å². The van der Waals surface area contributed by atoms with Crippen LogP contribution in [0.3, 0.4) is 0 Å². The Morgan fingerprint density at radius 2 is 2.25 bits per heavy atom. The van der Waals surface area contributed by atoms with Crippen LogP contribution >= 0.6 is 0 Å². The maximum absolute atomic E-state index is 12.1. The minimum atomic E-state index is -0.944. The summed E-state index contributed by atoms with van der Waals surface area (Å²) in [5.74, 6) is 1.81. The fourth-order valence-electron chi connectivity index (χ4n) is 2.35. The second kappa shape index (κ2) is 4.55. The van der Waals surface area contributed by atoms with E-state index in [4.69, 9.17) is 4.74 Å². The van der Waals surface area contributed by atoms with Crippen molar-refractivity contribution in [2.75, 3.05) is 19.9 Å². The third kappa shape index (κ3) is 1.76. The second-order valence-electron chi connectivity index (χ2n) is 4.13. The zero-order valence-corrected chi connectivity index (χ0v) is 10.6. The Morgan fingerprint density at radius 1 is 1.50 bits per heavy atom. The highest BCUT2D eigenvalue weighted by molar-refractivity contribution is 7.85. The summed E-state index contributed by atoms with van der Waals surface area (Å²) >= 11 is 0. The third-order valence-electron chi connectivity index (χ3n) is 3.09. The normalized spacial score (nSPS) is 28.6. The minimum absolute atomic E-state index is 0.266. The zero-order valence-electron chi connectivity index (χ0n) is 9.82. The van der Waals surface area contributed by atoms with Gasteiger partial charge in [-0.05, 0) is 24.6 Å². The number of hydrogen-bond donors (Lipinski definition) is 1. The highest BCUT2D eigenvalue weighted by Gasteiger charge is 2.31. The molecule has 1 aromatic rings. The molecule has 1 aliphatic heterocycles. The molecule has 0 spiro atoms. The maximum atomic E-state index is 12.1. The lowest BCUT2D eigenvalue weighted by atomic mass is 9.95. The molecule has 0 radical (unpaired) electrons. The number of benzene rings is 1. The summed E-state index contributed by atoms with van der Waals surface area (Å²) in [5, 5.41) is 3.29. The van der Waals surface area contributed by atoms with Crippen molar-refractivity contribution in [2.24, 2.45) is 5.92 Å². The number of nitrogens with one attached hydrogen (secondary N) is 1. The first-order chi connectivity index (χ1) is 7.69. The molecule has 1 heterocycles. The van der Waals surface area contributed by atoms with Gasteiger partial charge in [0.25, 0.3) is 0 Å². The lowest BCUT2D eigenvalue weighted by molar-refractivity contribution is 0.387. The van der Waals surface area contributed by atoms with Gasteiger partial charge in [-0.1, -0.05) is 19.1 Å². The molecule has 0 saturated heterocycles. The van der Waals surface area contributed by atoms with Gasteiger partial charge in [-0.2, -0.15) is 0 Å². The van der Waals surface area contributed by atoms with Crippen molar-refractivity contribution in [3.8, 4) is 5.75 Å². The Morgan fingerprint density at radius 3 is 2.88 bits per heavy atom. The Labute approximate surface area is 98.7 Å². The number of methoxy groups -OCH3 is 1. The molecule has 0 fully saturated rings. The van der Waals surface area contributed by atoms with Crippen LogP contribution in [0.4, 0.5) is 0 Å². The Kier molecular flexibility index (Phi) is 3.30. The van der Waals surface area contributed by atoms with Crippen LogP contribution in [-0.2, 0) is 10.8 Å². The predicted molar refractivity (Wildman–Crippen MR) is 65.2 cm³/mol. The van der Waals surface area contributed by atoms with Crippen molar-refractivity contribution in [3.05, 3.63) is 23.8 Å². The van der Waals surface area contributed by atoms with Gasteiger partial charge in [0.05, 0.1) is 22.8 Å². The number of hydrogen-bond acceptors (Lipinski definition) is 3. The van der Waals surface area contributed by atoms with E-state index in [1.165, 1.54) is 0 Å². The van der Waals surface area contributed by atoms with Crippen molar-refractivity contribution >= 4 is 10.8 Å². The van der Waals surface area contributed by atoms with Crippen LogP contribution in [0.25, 0.3) is 0 Å². The second-order valence-corrected chi connectivity index (χ2v) is 5.57. The Hall–Kier alpha value is -0.870. The van der Waals surface area contributed by atoms with Crippen LogP contribution in [0.5, 0.6) is 5.75 Å². The first-order valence-corrected chi connectivity index (χ1v) is 6.73. The van der Waals surface area contributed by atoms with Crippen molar-refractivity contribution in [2.45, 2.75) is 17.9 Å². The van der Waals surface area contributed by atoms with E-state index in [1.807, 2.05) is 25.2 Å². The molecule has 4 heteroatoms. The van der Waals surface area contributed by atoms with Crippen molar-refractivity contribution in [1.82, 2.24) is 5.32 Å². The number of ether oxygens (including phenoxy) is 1. The quantitative estimate of drug-likeness (QED) is 0.854. The molecule has 0 aliphatic carbocycles. The third-order valence-corrected chi connectivity index (χ3v) is 4.81. The van der Waals surface area contributed by atoms with Crippen LogP contribution in [0.1, 0.15) is 18.5 Å². The predicted octanol–water partition coefficient (Wildman–Crippen LogP) is 1.71. The van der Waals surface area contributed by atoms with Crippen LogP contribution in [0.15, 0.2) is 23.1 Å². The van der Waals surface area contributed by atoms with Gasteiger partial charge in [0.2, 0.25) is 0 Å². The van der Waals surface area contributed by atoms with E-state index in [2.05, 4.69) is 12.2 Å². The van der Waals surface area contributed by atoms with Gasteiger partial charge in [0, 0.05) is 11.8 Å². The van der Waals surface area contributed by atoms with Gasteiger partial charge in [0.1, 0.15) is 5.75 Å². The van der Waals surface area contributed by atoms with Gasteiger partial charge in [-0.3, -0.25) is 4.21 Å². The molecule has 3 unspecified atom stereocenters. The fraction of sp³-hybridized carbons (Fsp3) is 0.500. The molecule has 0 saturated carbocycles. The lowest BCUT2D eigenvalue weighted by Gasteiger charge is -2.31. The molecule has 3 atom stereocenters. The molecule has 88 valence electrons. The van der Waals surface area contributed by atoms with E-state index in [9.17, 15) is 4.21 Å². The Balaban J connectivity index is 2.58.